The molecule has 2 amide bonds. The van der Waals surface area contributed by atoms with Gasteiger partial charge in [-0.2, -0.15) is 0 Å². The molecule has 1 aliphatic heterocycles. The van der Waals surface area contributed by atoms with E-state index >= 15 is 0 Å². The molecule has 0 radical (unpaired) electrons. The average molecular weight is 438 g/mol. The number of amides is 2. The molecule has 3 N–H and O–H groups in total. The third-order valence-electron chi connectivity index (χ3n) is 4.53. The number of rotatable bonds is 4. The van der Waals surface area contributed by atoms with Crippen LogP contribution in [-0.2, 0) is 14.6 Å². The number of phenolic OH excluding ortho intramolecular Hbond substituents is 1. The molecule has 0 aromatic heterocycles. The van der Waals surface area contributed by atoms with Crippen molar-refractivity contribution >= 4 is 44.8 Å². The zero-order valence-corrected chi connectivity index (χ0v) is 16.4. The number of allylic oxidation sites excluding steroid dienone is 1. The van der Waals surface area contributed by atoms with Crippen LogP contribution in [0.3, 0.4) is 0 Å². The first-order valence-corrected chi connectivity index (χ1v) is 10.4. The highest BCUT2D eigenvalue weighted by molar-refractivity contribution is 7.93. The second kappa shape index (κ2) is 7.50. The van der Waals surface area contributed by atoms with Gasteiger partial charge in [0.1, 0.15) is 4.90 Å². The lowest BCUT2D eigenvalue weighted by Gasteiger charge is -2.24. The number of benzene rings is 1. The Hall–Kier alpha value is -1.48. The molecule has 1 aromatic rings. The Morgan fingerprint density at radius 3 is 2.81 bits per heavy atom. The van der Waals surface area contributed by atoms with Crippen molar-refractivity contribution in [2.45, 2.75) is 41.8 Å². The number of hydrogen-bond acceptors (Lipinski definition) is 5. The maximum absolute atomic E-state index is 13.4. The van der Waals surface area contributed by atoms with Gasteiger partial charge < -0.3 is 20.5 Å². The maximum Gasteiger partial charge on any atom is 0.319 e. The van der Waals surface area contributed by atoms with E-state index in [0.29, 0.717) is 17.9 Å². The Bertz CT molecular complexity index is 992. The number of carbonyl (C=O) groups excluding carboxylic acids is 1. The normalized spacial score (nSPS) is 27.4. The van der Waals surface area contributed by atoms with Crippen molar-refractivity contribution in [3.05, 3.63) is 28.3 Å². The molecule has 1 saturated heterocycles. The van der Waals surface area contributed by atoms with Crippen molar-refractivity contribution in [1.82, 2.24) is 5.32 Å². The number of aromatic hydroxyl groups is 1. The van der Waals surface area contributed by atoms with Gasteiger partial charge in [-0.05, 0) is 38.2 Å². The van der Waals surface area contributed by atoms with Gasteiger partial charge in [0.05, 0.1) is 28.1 Å². The minimum absolute atomic E-state index is 0.0635. The summed E-state index contributed by atoms with van der Waals surface area (Å²) in [6, 6.07) is 1.27. The lowest BCUT2D eigenvalue weighted by Crippen LogP contribution is -2.37. The van der Waals surface area contributed by atoms with Crippen LogP contribution in [0.25, 0.3) is 0 Å². The molecule has 0 spiro atoms. The molecule has 1 heterocycles. The molecule has 0 saturated carbocycles. The van der Waals surface area contributed by atoms with Crippen LogP contribution in [0.2, 0.25) is 5.02 Å². The predicted octanol–water partition coefficient (Wildman–Crippen LogP) is 3.40. The molecular weight excluding hydrogens is 415 g/mol. The Kier molecular flexibility index (Phi) is 4.58. The van der Waals surface area contributed by atoms with Crippen molar-refractivity contribution in [1.29, 1.82) is 0 Å². The van der Waals surface area contributed by atoms with Crippen LogP contribution in [0.15, 0.2) is 28.1 Å². The summed E-state index contributed by atoms with van der Waals surface area (Å²) in [7, 11) is -4.68. The van der Waals surface area contributed by atoms with Gasteiger partial charge in [-0.1, -0.05) is 29.3 Å². The van der Waals surface area contributed by atoms with E-state index in [0.717, 1.165) is 6.07 Å². The smallest absolute Gasteiger partial charge is 0.319 e. The molecule has 2 atom stereocenters. The molecule has 1 aliphatic carbocycles. The van der Waals surface area contributed by atoms with E-state index in [-0.39, 0.29) is 23.7 Å². The first-order valence-electron chi connectivity index (χ1n) is 9.67. The average Bonchev–Trinajstić information content (AvgIpc) is 3.28. The van der Waals surface area contributed by atoms with Crippen LogP contribution in [0.4, 0.5) is 10.5 Å². The molecule has 3 rings (SSSR count). The van der Waals surface area contributed by atoms with Gasteiger partial charge in [0.25, 0.3) is 0 Å². The minimum Gasteiger partial charge on any atom is -0.504 e. The first kappa shape index (κ1) is 16.5. The molecule has 0 unspecified atom stereocenters. The van der Waals surface area contributed by atoms with E-state index in [2.05, 4.69) is 10.6 Å². The van der Waals surface area contributed by atoms with E-state index in [1.165, 1.54) is 6.07 Å². The maximum atomic E-state index is 13.4. The number of nitrogens with one attached hydrogen (secondary N) is 2. The van der Waals surface area contributed by atoms with Crippen LogP contribution in [0.1, 0.15) is 30.2 Å². The predicted molar refractivity (Wildman–Crippen MR) is 103 cm³/mol. The highest BCUT2D eigenvalue weighted by atomic mass is 35.5. The van der Waals surface area contributed by atoms with Gasteiger partial charge in [-0.15, -0.1) is 0 Å². The first-order chi connectivity index (χ1) is 13.9. The number of urea groups is 1. The fraction of sp³-hybridized carbons (Fsp3) is 0.471. The van der Waals surface area contributed by atoms with Gasteiger partial charge in [0.15, 0.2) is 15.6 Å². The molecule has 148 valence electrons. The second-order valence-corrected chi connectivity index (χ2v) is 9.43. The Morgan fingerprint density at radius 1 is 1.44 bits per heavy atom. The van der Waals surface area contributed by atoms with E-state index < -0.39 is 50.8 Å². The minimum atomic E-state index is -4.68. The summed E-state index contributed by atoms with van der Waals surface area (Å²) in [6.45, 7) is -3.55. The van der Waals surface area contributed by atoms with Gasteiger partial charge in [0, 0.05) is 15.8 Å². The molecule has 10 heteroatoms. The topological polar surface area (TPSA) is 105 Å². The molecule has 7 nitrogen and oxygen atoms in total. The third-order valence-corrected chi connectivity index (χ3v) is 7.68. The standard InChI is InChI=1S/C17H20Cl2N2O5S/c1-17(7-8-26-9-17)27(24,25)15-11(19)5-6-13(14(15)22)21-16(23)20-12-4-2-3-10(12)18/h3,5-6,12,22H,2,4,7-9H2,1H3,(H2,20,21,23)/t12-,17+/m1/s1/i1D3. The SMILES string of the molecule is [2H]C([2H])([2H])[C@]1(S(=O)(=O)c2c(Cl)ccc(NC(=O)N[C@@H]3CCC=C3Cl)c2O)CCOC1. The van der Waals surface area contributed by atoms with Gasteiger partial charge in [-0.3, -0.25) is 0 Å². The van der Waals surface area contributed by atoms with Crippen molar-refractivity contribution in [3.8, 4) is 5.75 Å². The Morgan fingerprint density at radius 2 is 2.22 bits per heavy atom. The van der Waals surface area contributed by atoms with Crippen LogP contribution in [0, 0.1) is 0 Å². The summed E-state index contributed by atoms with van der Waals surface area (Å²) in [5.74, 6) is -0.846. The summed E-state index contributed by atoms with van der Waals surface area (Å²) in [6.07, 6.45) is 2.80. The quantitative estimate of drug-likeness (QED) is 0.625. The molecule has 2 aliphatic rings. The van der Waals surface area contributed by atoms with E-state index in [1.807, 2.05) is 0 Å². The summed E-state index contributed by atoms with van der Waals surface area (Å²) in [5.41, 5.74) is -0.242. The highest BCUT2D eigenvalue weighted by Gasteiger charge is 2.46. The zero-order chi connectivity index (χ0) is 22.3. The summed E-state index contributed by atoms with van der Waals surface area (Å²) < 4.78 is 52.9. The Balaban J connectivity index is 1.96. The fourth-order valence-electron chi connectivity index (χ4n) is 2.98. The lowest BCUT2D eigenvalue weighted by molar-refractivity contribution is 0.191. The van der Waals surface area contributed by atoms with Crippen molar-refractivity contribution < 1.29 is 27.2 Å². The van der Waals surface area contributed by atoms with Crippen molar-refractivity contribution in [3.63, 3.8) is 0 Å². The molecule has 1 aromatic carbocycles. The number of phenols is 1. The van der Waals surface area contributed by atoms with E-state index in [4.69, 9.17) is 32.1 Å². The monoisotopic (exact) mass is 437 g/mol. The summed E-state index contributed by atoms with van der Waals surface area (Å²) in [4.78, 5) is 11.5. The number of sulfone groups is 1. The lowest BCUT2D eigenvalue weighted by atomic mass is 10.1. The van der Waals surface area contributed by atoms with Crippen molar-refractivity contribution in [2.24, 2.45) is 0 Å². The van der Waals surface area contributed by atoms with Crippen LogP contribution in [0.5, 0.6) is 5.75 Å². The van der Waals surface area contributed by atoms with Crippen LogP contribution in [-0.4, -0.2) is 43.6 Å². The van der Waals surface area contributed by atoms with Crippen LogP contribution < -0.4 is 10.6 Å². The van der Waals surface area contributed by atoms with Crippen molar-refractivity contribution in [2.75, 3.05) is 18.5 Å². The van der Waals surface area contributed by atoms with E-state index in [1.54, 1.807) is 6.08 Å². The summed E-state index contributed by atoms with van der Waals surface area (Å²) in [5, 5.41) is 15.7. The molecule has 27 heavy (non-hydrogen) atoms. The van der Waals surface area contributed by atoms with E-state index in [9.17, 15) is 18.3 Å². The largest absolute Gasteiger partial charge is 0.504 e. The molecule has 1 fully saturated rings. The number of carbonyl (C=O) groups is 1. The van der Waals surface area contributed by atoms with Gasteiger partial charge in [-0.25, -0.2) is 13.2 Å². The third kappa shape index (κ3) is 3.76. The fourth-order valence-corrected chi connectivity index (χ4v) is 5.38. The zero-order valence-electron chi connectivity index (χ0n) is 17.1. The number of hydrogen-bond donors (Lipinski definition) is 3. The number of ether oxygens (including phenoxy) is 1. The number of anilines is 1. The highest BCUT2D eigenvalue weighted by Crippen LogP contribution is 2.43. The summed E-state index contributed by atoms with van der Waals surface area (Å²) >= 11 is 12.1. The second-order valence-electron chi connectivity index (χ2n) is 6.39. The van der Waals surface area contributed by atoms with Gasteiger partial charge in [0.2, 0.25) is 0 Å². The van der Waals surface area contributed by atoms with Gasteiger partial charge >= 0.3 is 6.03 Å². The molecular formula is C17H20Cl2N2O5S. The Labute approximate surface area is 171 Å². The molecule has 0 bridgehead atoms. The van der Waals surface area contributed by atoms with Crippen LogP contribution >= 0.6 is 23.2 Å². The number of halogens is 2.